The Morgan fingerprint density at radius 2 is 2.12 bits per heavy atom. The minimum absolute atomic E-state index is 0.0410. The monoisotopic (exact) mass is 383 g/mol. The molecule has 1 aromatic heterocycles. The Morgan fingerprint density at radius 1 is 1.36 bits per heavy atom. The van der Waals surface area contributed by atoms with Crippen LogP contribution in [0.3, 0.4) is 0 Å². The summed E-state index contributed by atoms with van der Waals surface area (Å²) in [6.45, 7) is 0.274. The minimum Gasteiger partial charge on any atom is -0.493 e. The van der Waals surface area contributed by atoms with E-state index in [9.17, 15) is 13.2 Å². The van der Waals surface area contributed by atoms with E-state index < -0.39 is 9.84 Å². The number of halogens is 1. The Bertz CT molecular complexity index is 857. The van der Waals surface area contributed by atoms with Gasteiger partial charge in [0.1, 0.15) is 4.90 Å². The van der Waals surface area contributed by atoms with Crippen molar-refractivity contribution in [2.24, 2.45) is 0 Å². The third-order valence-electron chi connectivity index (χ3n) is 3.28. The highest BCUT2D eigenvalue weighted by molar-refractivity contribution is 7.90. The molecule has 7 nitrogen and oxygen atoms in total. The number of aromatic nitrogens is 1. The number of rotatable bonds is 7. The van der Waals surface area contributed by atoms with E-state index in [0.717, 1.165) is 11.8 Å². The maximum absolute atomic E-state index is 12.0. The first kappa shape index (κ1) is 19.0. The maximum Gasteiger partial charge on any atom is 0.239 e. The molecule has 0 aliphatic heterocycles. The molecule has 0 fully saturated rings. The molecule has 0 saturated carbocycles. The molecule has 0 spiro atoms. The number of carbonyl (C=O) groups excluding carboxylic acids is 1. The molecule has 1 aromatic carbocycles. The van der Waals surface area contributed by atoms with Gasteiger partial charge in [0, 0.05) is 30.2 Å². The van der Waals surface area contributed by atoms with E-state index in [1.54, 1.807) is 18.5 Å². The first-order valence-electron chi connectivity index (χ1n) is 7.28. The molecule has 1 heterocycles. The molecule has 0 aliphatic rings. The molecule has 2 aromatic rings. The quantitative estimate of drug-likeness (QED) is 0.757. The van der Waals surface area contributed by atoms with Crippen LogP contribution in [-0.2, 0) is 21.2 Å². The predicted molar refractivity (Wildman–Crippen MR) is 95.7 cm³/mol. The van der Waals surface area contributed by atoms with Crippen molar-refractivity contribution < 1.29 is 17.9 Å². The number of hydrogen-bond acceptors (Lipinski definition) is 6. The lowest BCUT2D eigenvalue weighted by Gasteiger charge is -2.15. The van der Waals surface area contributed by atoms with Gasteiger partial charge in [0.05, 0.1) is 19.3 Å². The number of nitrogens with one attached hydrogen (secondary N) is 2. The highest BCUT2D eigenvalue weighted by atomic mass is 35.5. The predicted octanol–water partition coefficient (Wildman–Crippen LogP) is 1.88. The van der Waals surface area contributed by atoms with Gasteiger partial charge in [0.25, 0.3) is 0 Å². The summed E-state index contributed by atoms with van der Waals surface area (Å²) in [6.07, 6.45) is 4.37. The van der Waals surface area contributed by atoms with E-state index in [1.165, 1.54) is 19.2 Å². The lowest BCUT2D eigenvalue weighted by Crippen LogP contribution is -2.29. The number of sulfone groups is 1. The van der Waals surface area contributed by atoms with Crippen molar-refractivity contribution in [2.75, 3.05) is 25.2 Å². The van der Waals surface area contributed by atoms with Crippen LogP contribution in [0.25, 0.3) is 0 Å². The van der Waals surface area contributed by atoms with Gasteiger partial charge < -0.3 is 15.4 Å². The first-order valence-corrected chi connectivity index (χ1v) is 9.55. The first-order chi connectivity index (χ1) is 11.8. The van der Waals surface area contributed by atoms with Crippen molar-refractivity contribution in [3.8, 4) is 5.75 Å². The third kappa shape index (κ3) is 5.33. The van der Waals surface area contributed by atoms with Crippen LogP contribution in [-0.4, -0.2) is 39.2 Å². The van der Waals surface area contributed by atoms with Crippen LogP contribution in [0.2, 0.25) is 5.02 Å². The van der Waals surface area contributed by atoms with Gasteiger partial charge in [-0.05, 0) is 23.8 Å². The van der Waals surface area contributed by atoms with Gasteiger partial charge in [-0.15, -0.1) is 0 Å². The summed E-state index contributed by atoms with van der Waals surface area (Å²) in [5.74, 6) is -0.154. The molecule has 9 heteroatoms. The maximum atomic E-state index is 12.0. The van der Waals surface area contributed by atoms with E-state index in [1.807, 2.05) is 6.07 Å². The summed E-state index contributed by atoms with van der Waals surface area (Å²) in [5.41, 5.74) is 1.20. The zero-order valence-corrected chi connectivity index (χ0v) is 15.3. The van der Waals surface area contributed by atoms with Crippen molar-refractivity contribution in [1.29, 1.82) is 0 Å². The van der Waals surface area contributed by atoms with Gasteiger partial charge in [0.2, 0.25) is 5.91 Å². The van der Waals surface area contributed by atoms with Crippen LogP contribution in [0.15, 0.2) is 41.6 Å². The zero-order valence-electron chi connectivity index (χ0n) is 13.7. The van der Waals surface area contributed by atoms with E-state index in [0.29, 0.717) is 12.2 Å². The van der Waals surface area contributed by atoms with Gasteiger partial charge in [-0.2, -0.15) is 0 Å². The number of anilines is 1. The molecule has 0 bridgehead atoms. The summed E-state index contributed by atoms with van der Waals surface area (Å²) in [6, 6.07) is 6.44. The topological polar surface area (TPSA) is 97.4 Å². The van der Waals surface area contributed by atoms with Crippen LogP contribution < -0.4 is 15.4 Å². The fraction of sp³-hybridized carbons (Fsp3) is 0.250. The fourth-order valence-electron chi connectivity index (χ4n) is 2.13. The molecule has 2 N–H and O–H groups in total. The Morgan fingerprint density at radius 3 is 2.72 bits per heavy atom. The number of ether oxygens (including phenoxy) is 1. The smallest absolute Gasteiger partial charge is 0.239 e. The summed E-state index contributed by atoms with van der Waals surface area (Å²) < 4.78 is 28.9. The molecular weight excluding hydrogens is 366 g/mol. The Hall–Kier alpha value is -2.32. The average Bonchev–Trinajstić information content (AvgIpc) is 2.57. The number of pyridine rings is 1. The van der Waals surface area contributed by atoms with Crippen LogP contribution in [0.4, 0.5) is 5.69 Å². The highest BCUT2D eigenvalue weighted by Gasteiger charge is 2.19. The normalized spacial score (nSPS) is 11.0. The van der Waals surface area contributed by atoms with Crippen molar-refractivity contribution >= 4 is 33.0 Å². The van der Waals surface area contributed by atoms with Crippen LogP contribution in [0.1, 0.15) is 5.56 Å². The molecule has 25 heavy (non-hydrogen) atoms. The largest absolute Gasteiger partial charge is 0.493 e. The second-order valence-corrected chi connectivity index (χ2v) is 7.67. The fourth-order valence-corrected chi connectivity index (χ4v) is 3.28. The minimum atomic E-state index is -3.53. The van der Waals surface area contributed by atoms with Gasteiger partial charge in [-0.1, -0.05) is 17.7 Å². The van der Waals surface area contributed by atoms with E-state index in [2.05, 4.69) is 15.6 Å². The van der Waals surface area contributed by atoms with E-state index >= 15 is 0 Å². The van der Waals surface area contributed by atoms with Crippen LogP contribution in [0.5, 0.6) is 5.75 Å². The molecular formula is C16H18ClN3O4S. The number of benzene rings is 1. The van der Waals surface area contributed by atoms with Crippen molar-refractivity contribution in [2.45, 2.75) is 11.4 Å². The van der Waals surface area contributed by atoms with E-state index in [4.69, 9.17) is 16.3 Å². The summed E-state index contributed by atoms with van der Waals surface area (Å²) in [4.78, 5) is 15.9. The lowest BCUT2D eigenvalue weighted by molar-refractivity contribution is -0.119. The van der Waals surface area contributed by atoms with Crippen molar-refractivity contribution in [1.82, 2.24) is 10.3 Å². The number of carbonyl (C=O) groups is 1. The standard InChI is InChI=1S/C16H18ClN3O4S/c1-24-16-13(6-12(17)7-14(16)25(2,22)23)19-10-15(21)20-9-11-4-3-5-18-8-11/h3-8,19H,9-10H2,1-2H3,(H,20,21). The van der Waals surface area contributed by atoms with Gasteiger partial charge in [-0.3, -0.25) is 9.78 Å². The number of hydrogen-bond donors (Lipinski definition) is 2. The molecule has 0 unspecified atom stereocenters. The van der Waals surface area contributed by atoms with E-state index in [-0.39, 0.29) is 28.1 Å². The summed E-state index contributed by atoms with van der Waals surface area (Å²) >= 11 is 5.97. The third-order valence-corrected chi connectivity index (χ3v) is 4.60. The molecule has 0 radical (unpaired) electrons. The Labute approximate surface area is 151 Å². The summed E-state index contributed by atoms with van der Waals surface area (Å²) in [7, 11) is -2.18. The number of amides is 1. The number of nitrogens with zero attached hydrogens (tertiary/aromatic N) is 1. The summed E-state index contributed by atoms with van der Waals surface area (Å²) in [5, 5.41) is 5.81. The van der Waals surface area contributed by atoms with Gasteiger partial charge in [-0.25, -0.2) is 8.42 Å². The molecule has 2 rings (SSSR count). The lowest BCUT2D eigenvalue weighted by atomic mass is 10.2. The highest BCUT2D eigenvalue weighted by Crippen LogP contribution is 2.35. The SMILES string of the molecule is COc1c(NCC(=O)NCc2cccnc2)cc(Cl)cc1S(C)(=O)=O. The van der Waals surface area contributed by atoms with Gasteiger partial charge in [0.15, 0.2) is 15.6 Å². The molecule has 0 aliphatic carbocycles. The van der Waals surface area contributed by atoms with Crippen LogP contribution in [0, 0.1) is 0 Å². The Balaban J connectivity index is 2.07. The zero-order chi connectivity index (χ0) is 18.4. The average molecular weight is 384 g/mol. The number of methoxy groups -OCH3 is 1. The molecule has 0 saturated heterocycles. The van der Waals surface area contributed by atoms with Gasteiger partial charge >= 0.3 is 0 Å². The van der Waals surface area contributed by atoms with Crippen molar-refractivity contribution in [3.05, 3.63) is 47.2 Å². The second-order valence-electron chi connectivity index (χ2n) is 5.25. The molecule has 0 atom stereocenters. The molecule has 1 amide bonds. The van der Waals surface area contributed by atoms with Crippen molar-refractivity contribution in [3.63, 3.8) is 0 Å². The van der Waals surface area contributed by atoms with Crippen LogP contribution >= 0.6 is 11.6 Å². The Kier molecular flexibility index (Phi) is 6.22. The second kappa shape index (κ2) is 8.17. The molecule has 134 valence electrons.